The quantitative estimate of drug-likeness (QED) is 0.136. The number of ether oxygens (including phenoxy) is 2. The van der Waals surface area contributed by atoms with Crippen LogP contribution in [0.1, 0.15) is 27.9 Å². The lowest BCUT2D eigenvalue weighted by molar-refractivity contribution is -0.630. The van der Waals surface area contributed by atoms with Gasteiger partial charge in [0.2, 0.25) is 11.6 Å². The molecule has 0 aromatic heterocycles. The minimum Gasteiger partial charge on any atom is -0.493 e. The van der Waals surface area contributed by atoms with Crippen molar-refractivity contribution in [2.45, 2.75) is 52.7 Å². The van der Waals surface area contributed by atoms with E-state index in [-0.39, 0.29) is 11.5 Å². The molecule has 14 N–H and O–H groups in total. The van der Waals surface area contributed by atoms with E-state index in [1.54, 1.807) is 0 Å². The van der Waals surface area contributed by atoms with Crippen LogP contribution in [0.2, 0.25) is 0 Å². The third kappa shape index (κ3) is 3.59. The number of carbonyl (C=O) groups excluding carboxylic acids is 1. The molecule has 1 fully saturated rings. The van der Waals surface area contributed by atoms with Gasteiger partial charge in [0, 0.05) is 23.1 Å². The number of hydrogen-bond acceptors (Lipinski definition) is 18. The van der Waals surface area contributed by atoms with Crippen molar-refractivity contribution in [3.63, 3.8) is 0 Å². The molecule has 2 aliphatic rings. The Morgan fingerprint density at radius 1 is 0.738 bits per heavy atom. The molecule has 1 aliphatic carbocycles. The number of hydrogen-bond donors (Lipinski definition) is 14. The number of carbonyl (C=O) groups is 1. The monoisotopic (exact) mass is 603 g/mol. The Kier molecular flexibility index (Phi) is 6.91. The van der Waals surface area contributed by atoms with Gasteiger partial charge in [0.05, 0.1) is 14.2 Å². The highest BCUT2D eigenvalue weighted by molar-refractivity contribution is 6.08. The maximum Gasteiger partial charge on any atom is 0.294 e. The van der Waals surface area contributed by atoms with E-state index in [1.165, 1.54) is 6.07 Å². The summed E-state index contributed by atoms with van der Waals surface area (Å²) in [5, 5.41) is 152. The summed E-state index contributed by atoms with van der Waals surface area (Å²) in [7, 11) is 2.23. The molecule has 1 atom stereocenters. The van der Waals surface area contributed by atoms with Crippen LogP contribution in [-0.2, 0) is 11.7 Å². The normalized spacial score (nSPS) is 26.9. The van der Waals surface area contributed by atoms with Gasteiger partial charge in [0.25, 0.3) is 29.3 Å². The zero-order valence-corrected chi connectivity index (χ0v) is 21.7. The number of aliphatic hydroxyl groups is 14. The molecule has 0 saturated carbocycles. The summed E-state index contributed by atoms with van der Waals surface area (Å²) < 4.78 is 9.99. The SMILES string of the molecule is COc1cc2c(cc1OC)C(O)(O)C(O)(CC1(O)C(O)(O)C(O)(O)N(C(O)(O)c3ccccc3)C(O)(O)C1(O)O)C2=O. The lowest BCUT2D eigenvalue weighted by atomic mass is 9.67. The van der Waals surface area contributed by atoms with Gasteiger partial charge >= 0.3 is 0 Å². The summed E-state index contributed by atoms with van der Waals surface area (Å²) in [6, 6.07) is 6.80. The first-order valence-corrected chi connectivity index (χ1v) is 11.8. The van der Waals surface area contributed by atoms with Crippen LogP contribution in [0.5, 0.6) is 11.5 Å². The molecule has 1 aliphatic heterocycles. The third-order valence-corrected chi connectivity index (χ3v) is 7.79. The fourth-order valence-electron chi connectivity index (χ4n) is 5.33. The number of benzene rings is 2. The van der Waals surface area contributed by atoms with Crippen LogP contribution >= 0.6 is 0 Å². The topological polar surface area (TPSA) is 322 Å². The van der Waals surface area contributed by atoms with Gasteiger partial charge in [-0.2, -0.15) is 0 Å². The van der Waals surface area contributed by atoms with Gasteiger partial charge in [0.1, 0.15) is 0 Å². The highest BCUT2D eigenvalue weighted by Gasteiger charge is 2.88. The molecule has 0 amide bonds. The van der Waals surface area contributed by atoms with Gasteiger partial charge in [-0.1, -0.05) is 30.3 Å². The lowest BCUT2D eigenvalue weighted by Crippen LogP contribution is -2.95. The number of rotatable bonds is 6. The van der Waals surface area contributed by atoms with Crippen LogP contribution in [0, 0.1) is 0 Å². The largest absolute Gasteiger partial charge is 0.493 e. The Morgan fingerprint density at radius 2 is 1.19 bits per heavy atom. The van der Waals surface area contributed by atoms with Crippen molar-refractivity contribution < 1.29 is 85.8 Å². The van der Waals surface area contributed by atoms with E-state index in [1.807, 2.05) is 0 Å². The number of Topliss-reactive ketones (excluding diaryl/α,β-unsaturated/α-hetero) is 1. The van der Waals surface area contributed by atoms with E-state index < -0.39 is 80.1 Å². The molecule has 42 heavy (non-hydrogen) atoms. The molecule has 232 valence electrons. The fraction of sp³-hybridized carbons (Fsp3) is 0.458. The van der Waals surface area contributed by atoms with Crippen LogP contribution < -0.4 is 9.47 Å². The molecule has 1 heterocycles. The number of fused-ring (bicyclic) bond motifs is 1. The number of ketones is 1. The van der Waals surface area contributed by atoms with Gasteiger partial charge in [-0.15, -0.1) is 4.90 Å². The molecular weight excluding hydrogens is 574 g/mol. The minimum atomic E-state index is -5.04. The molecule has 1 unspecified atom stereocenters. The van der Waals surface area contributed by atoms with Crippen molar-refractivity contribution in [1.82, 2.24) is 4.90 Å². The summed E-state index contributed by atoms with van der Waals surface area (Å²) in [5.74, 6) is -30.2. The van der Waals surface area contributed by atoms with E-state index in [0.29, 0.717) is 0 Å². The highest BCUT2D eigenvalue weighted by Crippen LogP contribution is 2.58. The Balaban J connectivity index is 1.93. The second kappa shape index (κ2) is 9.06. The van der Waals surface area contributed by atoms with Crippen molar-refractivity contribution in [1.29, 1.82) is 0 Å². The number of piperidine rings is 1. The van der Waals surface area contributed by atoms with Crippen LogP contribution in [0.25, 0.3) is 0 Å². The van der Waals surface area contributed by atoms with Gasteiger partial charge in [-0.25, -0.2) is 0 Å². The average Bonchev–Trinajstić information content (AvgIpc) is 3.03. The second-order valence-electron chi connectivity index (χ2n) is 10.1. The number of likely N-dealkylation sites (tertiary alicyclic amines) is 1. The lowest BCUT2D eigenvalue weighted by Gasteiger charge is -2.65. The molecule has 4 rings (SSSR count). The molecule has 18 heteroatoms. The van der Waals surface area contributed by atoms with E-state index in [2.05, 4.69) is 0 Å². The van der Waals surface area contributed by atoms with E-state index in [4.69, 9.17) is 9.47 Å². The summed E-state index contributed by atoms with van der Waals surface area (Å²) in [5.41, 5.74) is -11.2. The first kappa shape index (κ1) is 32.0. The van der Waals surface area contributed by atoms with E-state index >= 15 is 0 Å². The summed E-state index contributed by atoms with van der Waals surface area (Å²) >= 11 is 0. The average molecular weight is 603 g/mol. The molecule has 0 radical (unpaired) electrons. The fourth-order valence-corrected chi connectivity index (χ4v) is 5.33. The third-order valence-electron chi connectivity index (χ3n) is 7.79. The summed E-state index contributed by atoms with van der Waals surface area (Å²) in [4.78, 5) is 12.1. The molecule has 2 aromatic rings. The molecule has 18 nitrogen and oxygen atoms in total. The Hall–Kier alpha value is -2.89. The van der Waals surface area contributed by atoms with E-state index in [0.717, 1.165) is 50.6 Å². The second-order valence-corrected chi connectivity index (χ2v) is 10.1. The van der Waals surface area contributed by atoms with Crippen molar-refractivity contribution >= 4 is 5.78 Å². The number of nitrogens with zero attached hydrogens (tertiary/aromatic N) is 1. The Bertz CT molecular complexity index is 1380. The highest BCUT2D eigenvalue weighted by atomic mass is 16.7. The van der Waals surface area contributed by atoms with Crippen molar-refractivity contribution in [3.05, 3.63) is 59.2 Å². The van der Waals surface area contributed by atoms with Crippen molar-refractivity contribution in [3.8, 4) is 11.5 Å². The Labute approximate surface area is 234 Å². The van der Waals surface area contributed by atoms with Gasteiger partial charge < -0.3 is 81.0 Å². The molecule has 0 spiro atoms. The van der Waals surface area contributed by atoms with Crippen LogP contribution in [0.4, 0.5) is 0 Å². The van der Waals surface area contributed by atoms with Crippen LogP contribution in [0.3, 0.4) is 0 Å². The standard InChI is InChI=1S/C24H29NO17/c1-41-14-8-12-13(9-15(14)42-2)19(29,30)17(27,16(12)26)10-18(28)21(33,34)23(37,38)25(24(39,40)22(18,35)36)20(31,32)11-6-4-3-5-7-11/h3-9,27-40H,10H2,1-2H3. The molecular formula is C24H29NO17. The first-order valence-electron chi connectivity index (χ1n) is 11.8. The zero-order chi connectivity index (χ0) is 32.1. The van der Waals surface area contributed by atoms with Gasteiger partial charge in [0.15, 0.2) is 22.7 Å². The van der Waals surface area contributed by atoms with E-state index in [9.17, 15) is 76.3 Å². The smallest absolute Gasteiger partial charge is 0.294 e. The number of methoxy groups -OCH3 is 2. The maximum absolute atomic E-state index is 13.3. The molecule has 1 saturated heterocycles. The summed E-state index contributed by atoms with van der Waals surface area (Å²) in [6.07, 6.45) is -2.43. The minimum absolute atomic E-state index is 0.202. The Morgan fingerprint density at radius 3 is 1.64 bits per heavy atom. The van der Waals surface area contributed by atoms with Gasteiger partial charge in [-0.05, 0) is 12.1 Å². The predicted molar refractivity (Wildman–Crippen MR) is 128 cm³/mol. The first-order chi connectivity index (χ1) is 18.9. The molecule has 2 aromatic carbocycles. The molecule has 0 bridgehead atoms. The van der Waals surface area contributed by atoms with Gasteiger partial charge in [-0.3, -0.25) is 4.79 Å². The zero-order valence-electron chi connectivity index (χ0n) is 21.7. The van der Waals surface area contributed by atoms with Crippen LogP contribution in [0.15, 0.2) is 42.5 Å². The summed E-state index contributed by atoms with van der Waals surface area (Å²) in [6.45, 7) is 0. The maximum atomic E-state index is 13.3. The van der Waals surface area contributed by atoms with Crippen molar-refractivity contribution in [2.75, 3.05) is 14.2 Å². The van der Waals surface area contributed by atoms with Crippen LogP contribution in [-0.4, -0.2) is 131 Å². The van der Waals surface area contributed by atoms with Crippen molar-refractivity contribution in [2.24, 2.45) is 0 Å². The predicted octanol–water partition coefficient (Wildman–Crippen LogP) is -6.36.